The lowest BCUT2D eigenvalue weighted by Crippen LogP contribution is -2.20. The van der Waals surface area contributed by atoms with Crippen LogP contribution in [0.3, 0.4) is 0 Å². The fourth-order valence-corrected chi connectivity index (χ4v) is 3.49. The van der Waals surface area contributed by atoms with Gasteiger partial charge in [0, 0.05) is 14.1 Å². The molecule has 0 N–H and O–H groups in total. The molecule has 0 fully saturated rings. The average molecular weight is 284 g/mol. The fourth-order valence-electron chi connectivity index (χ4n) is 2.83. The van der Waals surface area contributed by atoms with Gasteiger partial charge in [0.2, 0.25) is 0 Å². The van der Waals surface area contributed by atoms with Crippen molar-refractivity contribution in [3.05, 3.63) is 46.2 Å². The Labute approximate surface area is 124 Å². The molecule has 104 valence electrons. The molecule has 3 rings (SSSR count). The van der Waals surface area contributed by atoms with Crippen molar-refractivity contribution in [2.45, 2.75) is 25.3 Å². The van der Waals surface area contributed by atoms with E-state index in [-0.39, 0.29) is 0 Å². The molecule has 1 atom stereocenters. The molecule has 0 saturated heterocycles. The molecular formula is C17H20N2S. The highest BCUT2D eigenvalue weighted by molar-refractivity contribution is 7.08. The van der Waals surface area contributed by atoms with Gasteiger partial charge in [-0.25, -0.2) is 0 Å². The van der Waals surface area contributed by atoms with Crippen LogP contribution in [0.5, 0.6) is 0 Å². The molecule has 0 amide bonds. The molecule has 0 radical (unpaired) electrons. The van der Waals surface area contributed by atoms with Crippen LogP contribution in [0.15, 0.2) is 40.0 Å². The monoisotopic (exact) mass is 284 g/mol. The molecule has 1 aliphatic carbocycles. The highest BCUT2D eigenvalue weighted by Gasteiger charge is 2.20. The van der Waals surface area contributed by atoms with E-state index in [0.717, 1.165) is 19.3 Å². The Hall–Kier alpha value is -1.61. The van der Waals surface area contributed by atoms with Crippen LogP contribution in [0, 0.1) is 0 Å². The van der Waals surface area contributed by atoms with Gasteiger partial charge in [-0.3, -0.25) is 4.99 Å². The third-order valence-corrected chi connectivity index (χ3v) is 4.48. The second kappa shape index (κ2) is 5.80. The van der Waals surface area contributed by atoms with Gasteiger partial charge in [0.15, 0.2) is 0 Å². The highest BCUT2D eigenvalue weighted by Crippen LogP contribution is 2.33. The van der Waals surface area contributed by atoms with E-state index in [9.17, 15) is 0 Å². The Kier molecular flexibility index (Phi) is 3.88. The van der Waals surface area contributed by atoms with Gasteiger partial charge < -0.3 is 4.90 Å². The number of fused-ring (bicyclic) bond motifs is 1. The van der Waals surface area contributed by atoms with Crippen molar-refractivity contribution >= 4 is 17.7 Å². The van der Waals surface area contributed by atoms with Gasteiger partial charge in [-0.15, -0.1) is 0 Å². The third-order valence-electron chi connectivity index (χ3n) is 3.80. The number of hydrogen-bond donors (Lipinski definition) is 0. The van der Waals surface area contributed by atoms with Crippen molar-refractivity contribution in [2.24, 2.45) is 4.99 Å². The van der Waals surface area contributed by atoms with Crippen LogP contribution >= 0.6 is 11.3 Å². The van der Waals surface area contributed by atoms with E-state index in [4.69, 9.17) is 0 Å². The van der Waals surface area contributed by atoms with E-state index < -0.39 is 0 Å². The van der Waals surface area contributed by atoms with Crippen LogP contribution in [0.25, 0.3) is 11.1 Å². The van der Waals surface area contributed by atoms with Crippen LogP contribution in [0.2, 0.25) is 0 Å². The zero-order valence-electron chi connectivity index (χ0n) is 12.0. The smallest absolute Gasteiger partial charge is 0.0848 e. The largest absolute Gasteiger partial charge is 0.369 e. The van der Waals surface area contributed by atoms with Gasteiger partial charge in [0.25, 0.3) is 0 Å². The van der Waals surface area contributed by atoms with Crippen LogP contribution in [-0.4, -0.2) is 31.4 Å². The van der Waals surface area contributed by atoms with Gasteiger partial charge in [-0.2, -0.15) is 11.3 Å². The van der Waals surface area contributed by atoms with Crippen molar-refractivity contribution in [1.29, 1.82) is 0 Å². The number of benzene rings is 1. The zero-order valence-corrected chi connectivity index (χ0v) is 12.9. The lowest BCUT2D eigenvalue weighted by atomic mass is 9.84. The lowest BCUT2D eigenvalue weighted by Gasteiger charge is -2.24. The molecule has 1 aromatic heterocycles. The molecule has 20 heavy (non-hydrogen) atoms. The minimum atomic E-state index is 0.433. The van der Waals surface area contributed by atoms with Gasteiger partial charge >= 0.3 is 0 Å². The number of rotatable bonds is 3. The Morgan fingerprint density at radius 1 is 1.30 bits per heavy atom. The Balaban J connectivity index is 1.87. The SMILES string of the molecule is CN(C)C=NC1CCc2c(cccc2-c2ccsc2)C1. The van der Waals surface area contributed by atoms with Crippen LogP contribution in [0.1, 0.15) is 17.5 Å². The van der Waals surface area contributed by atoms with Crippen molar-refractivity contribution in [3.8, 4) is 11.1 Å². The minimum Gasteiger partial charge on any atom is -0.369 e. The Bertz CT molecular complexity index is 599. The van der Waals surface area contributed by atoms with E-state index >= 15 is 0 Å². The molecule has 0 bridgehead atoms. The average Bonchev–Trinajstić information content (AvgIpc) is 2.98. The van der Waals surface area contributed by atoms with E-state index in [2.05, 4.69) is 40.0 Å². The maximum atomic E-state index is 4.68. The Morgan fingerprint density at radius 2 is 2.20 bits per heavy atom. The zero-order chi connectivity index (χ0) is 13.9. The summed E-state index contributed by atoms with van der Waals surface area (Å²) in [5, 5.41) is 4.40. The number of hydrogen-bond acceptors (Lipinski definition) is 2. The van der Waals surface area contributed by atoms with Gasteiger partial charge in [0.1, 0.15) is 0 Å². The molecule has 1 aliphatic rings. The summed E-state index contributed by atoms with van der Waals surface area (Å²) in [7, 11) is 4.05. The normalized spacial score (nSPS) is 18.2. The summed E-state index contributed by atoms with van der Waals surface area (Å²) < 4.78 is 0. The summed E-state index contributed by atoms with van der Waals surface area (Å²) in [6.07, 6.45) is 5.30. The second-order valence-electron chi connectivity index (χ2n) is 5.58. The van der Waals surface area contributed by atoms with Gasteiger partial charge in [-0.1, -0.05) is 18.2 Å². The first-order valence-corrected chi connectivity index (χ1v) is 8.01. The molecule has 0 saturated carbocycles. The topological polar surface area (TPSA) is 15.6 Å². The van der Waals surface area contributed by atoms with Crippen molar-refractivity contribution in [2.75, 3.05) is 14.1 Å². The third kappa shape index (κ3) is 2.78. The Morgan fingerprint density at radius 3 is 2.95 bits per heavy atom. The number of aliphatic imine (C=N–C) groups is 1. The molecule has 1 heterocycles. The highest BCUT2D eigenvalue weighted by atomic mass is 32.1. The minimum absolute atomic E-state index is 0.433. The molecule has 2 nitrogen and oxygen atoms in total. The predicted molar refractivity (Wildman–Crippen MR) is 87.7 cm³/mol. The maximum absolute atomic E-state index is 4.68. The number of thiophene rings is 1. The second-order valence-corrected chi connectivity index (χ2v) is 6.36. The first kappa shape index (κ1) is 13.4. The number of nitrogens with zero attached hydrogens (tertiary/aromatic N) is 2. The predicted octanol–water partition coefficient (Wildman–Crippen LogP) is 3.86. The molecule has 1 aromatic carbocycles. The molecule has 0 spiro atoms. The van der Waals surface area contributed by atoms with E-state index in [1.54, 1.807) is 11.3 Å². The summed E-state index contributed by atoms with van der Waals surface area (Å²) in [6.45, 7) is 0. The summed E-state index contributed by atoms with van der Waals surface area (Å²) >= 11 is 1.77. The first-order valence-electron chi connectivity index (χ1n) is 7.07. The molecule has 2 aromatic rings. The van der Waals surface area contributed by atoms with E-state index in [0.29, 0.717) is 6.04 Å². The van der Waals surface area contributed by atoms with Crippen molar-refractivity contribution in [1.82, 2.24) is 4.90 Å². The standard InChI is InChI=1S/C17H20N2S/c1-19(2)12-18-15-6-7-17-13(10-15)4-3-5-16(17)14-8-9-20-11-14/h3-5,8-9,11-12,15H,6-7,10H2,1-2H3. The van der Waals surface area contributed by atoms with Crippen molar-refractivity contribution < 1.29 is 0 Å². The molecular weight excluding hydrogens is 264 g/mol. The van der Waals surface area contributed by atoms with Crippen LogP contribution < -0.4 is 0 Å². The van der Waals surface area contributed by atoms with Gasteiger partial charge in [0.05, 0.1) is 12.4 Å². The molecule has 0 aliphatic heterocycles. The summed E-state index contributed by atoms with van der Waals surface area (Å²) in [5.41, 5.74) is 5.78. The van der Waals surface area contributed by atoms with Crippen molar-refractivity contribution in [3.63, 3.8) is 0 Å². The van der Waals surface area contributed by atoms with Crippen LogP contribution in [-0.2, 0) is 12.8 Å². The summed E-state index contributed by atoms with van der Waals surface area (Å²) in [6, 6.07) is 9.36. The lowest BCUT2D eigenvalue weighted by molar-refractivity contribution is 0.562. The van der Waals surface area contributed by atoms with Gasteiger partial charge in [-0.05, 0) is 58.3 Å². The maximum Gasteiger partial charge on any atom is 0.0848 e. The molecule has 3 heteroatoms. The van der Waals surface area contributed by atoms with Crippen LogP contribution in [0.4, 0.5) is 0 Å². The van der Waals surface area contributed by atoms with E-state index in [1.807, 2.05) is 25.3 Å². The first-order chi connectivity index (χ1) is 9.74. The fraction of sp³-hybridized carbons (Fsp3) is 0.353. The quantitative estimate of drug-likeness (QED) is 0.617. The van der Waals surface area contributed by atoms with E-state index in [1.165, 1.54) is 22.3 Å². The summed E-state index contributed by atoms with van der Waals surface area (Å²) in [4.78, 5) is 6.69. The molecule has 1 unspecified atom stereocenters. The summed E-state index contributed by atoms with van der Waals surface area (Å²) in [5.74, 6) is 0.